The van der Waals surface area contributed by atoms with Crippen molar-refractivity contribution in [3.05, 3.63) is 36.0 Å². The predicted molar refractivity (Wildman–Crippen MR) is 95.2 cm³/mol. The predicted octanol–water partition coefficient (Wildman–Crippen LogP) is 3.80. The number of hydrogen-bond acceptors (Lipinski definition) is 1. The number of nitrogens with one attached hydrogen (secondary N) is 3. The number of rotatable bonds is 7. The van der Waals surface area contributed by atoms with E-state index in [4.69, 9.17) is 0 Å². The molecule has 0 fully saturated rings. The molecular weight excluding hydrogens is 272 g/mol. The van der Waals surface area contributed by atoms with Gasteiger partial charge >= 0.3 is 0 Å². The molecular formula is C18H28N4. The summed E-state index contributed by atoms with van der Waals surface area (Å²) in [5, 5.41) is 8.08. The molecule has 2 aromatic rings. The highest BCUT2D eigenvalue weighted by atomic mass is 15.2. The highest BCUT2D eigenvalue weighted by Crippen LogP contribution is 2.14. The van der Waals surface area contributed by atoms with Gasteiger partial charge in [-0.15, -0.1) is 0 Å². The Labute approximate surface area is 133 Å². The Morgan fingerprint density at radius 3 is 2.82 bits per heavy atom. The first-order valence-electron chi connectivity index (χ1n) is 8.26. The summed E-state index contributed by atoms with van der Waals surface area (Å²) in [6.45, 7) is 5.19. The van der Waals surface area contributed by atoms with Crippen molar-refractivity contribution in [2.45, 2.75) is 52.1 Å². The number of benzene rings is 1. The summed E-state index contributed by atoms with van der Waals surface area (Å²) in [4.78, 5) is 7.73. The van der Waals surface area contributed by atoms with E-state index in [0.29, 0.717) is 6.04 Å². The van der Waals surface area contributed by atoms with Gasteiger partial charge in [0.05, 0.1) is 6.54 Å². The zero-order valence-electron chi connectivity index (χ0n) is 13.9. The Bertz CT molecular complexity index is 567. The molecule has 0 aliphatic rings. The molecule has 0 spiro atoms. The van der Waals surface area contributed by atoms with Crippen molar-refractivity contribution in [3.8, 4) is 0 Å². The number of fused-ring (bicyclic) bond motifs is 1. The third-order valence-corrected chi connectivity index (χ3v) is 3.88. The molecule has 0 amide bonds. The van der Waals surface area contributed by atoms with Gasteiger partial charge in [-0.2, -0.15) is 0 Å². The van der Waals surface area contributed by atoms with Crippen molar-refractivity contribution >= 4 is 16.9 Å². The third kappa shape index (κ3) is 4.79. The normalized spacial score (nSPS) is 13.3. The first kappa shape index (κ1) is 16.4. The van der Waals surface area contributed by atoms with E-state index >= 15 is 0 Å². The lowest BCUT2D eigenvalue weighted by molar-refractivity contribution is 0.546. The van der Waals surface area contributed by atoms with Crippen molar-refractivity contribution in [2.75, 3.05) is 7.05 Å². The minimum absolute atomic E-state index is 0.445. The van der Waals surface area contributed by atoms with Crippen LogP contribution in [-0.2, 0) is 6.54 Å². The van der Waals surface area contributed by atoms with Crippen LogP contribution in [0.15, 0.2) is 35.3 Å². The Balaban J connectivity index is 1.83. The van der Waals surface area contributed by atoms with Gasteiger partial charge in [-0.1, -0.05) is 44.4 Å². The second kappa shape index (κ2) is 8.47. The molecule has 2 rings (SSSR count). The second-order valence-electron chi connectivity index (χ2n) is 5.85. The number of unbranched alkanes of at least 4 members (excludes halogenated alkanes) is 2. The van der Waals surface area contributed by atoms with Crippen LogP contribution < -0.4 is 10.6 Å². The first-order chi connectivity index (χ1) is 10.7. The van der Waals surface area contributed by atoms with Gasteiger partial charge in [-0.05, 0) is 30.9 Å². The lowest BCUT2D eigenvalue weighted by atomic mass is 10.1. The van der Waals surface area contributed by atoms with Crippen LogP contribution in [0.2, 0.25) is 0 Å². The average molecular weight is 300 g/mol. The molecule has 4 heteroatoms. The number of nitrogens with zero attached hydrogens (tertiary/aromatic N) is 1. The number of H-pyrrole nitrogens is 1. The van der Waals surface area contributed by atoms with Crippen molar-refractivity contribution in [3.63, 3.8) is 0 Å². The number of aromatic nitrogens is 1. The minimum Gasteiger partial charge on any atom is -0.357 e. The fourth-order valence-electron chi connectivity index (χ4n) is 2.61. The molecule has 1 heterocycles. The maximum absolute atomic E-state index is 4.31. The van der Waals surface area contributed by atoms with Gasteiger partial charge in [0, 0.05) is 24.3 Å². The molecule has 0 aliphatic carbocycles. The van der Waals surface area contributed by atoms with Crippen LogP contribution in [0.3, 0.4) is 0 Å². The summed E-state index contributed by atoms with van der Waals surface area (Å²) in [6, 6.07) is 11.0. The van der Waals surface area contributed by atoms with Crippen LogP contribution >= 0.6 is 0 Å². The fourth-order valence-corrected chi connectivity index (χ4v) is 2.61. The molecule has 1 aromatic carbocycles. The van der Waals surface area contributed by atoms with Crippen molar-refractivity contribution < 1.29 is 0 Å². The quantitative estimate of drug-likeness (QED) is 0.414. The van der Waals surface area contributed by atoms with Gasteiger partial charge in [0.2, 0.25) is 0 Å². The topological polar surface area (TPSA) is 52.2 Å². The lowest BCUT2D eigenvalue weighted by Crippen LogP contribution is -2.41. The molecule has 1 atom stereocenters. The van der Waals surface area contributed by atoms with E-state index < -0.39 is 0 Å². The SMILES string of the molecule is CCCCCC(C)NC(=NC)NCc1cc2ccccc2[nH]1. The lowest BCUT2D eigenvalue weighted by Gasteiger charge is -2.17. The van der Waals surface area contributed by atoms with Crippen LogP contribution in [-0.4, -0.2) is 24.0 Å². The average Bonchev–Trinajstić information content (AvgIpc) is 2.94. The number of para-hydroxylation sites is 1. The maximum Gasteiger partial charge on any atom is 0.191 e. The van der Waals surface area contributed by atoms with Gasteiger partial charge in [0.15, 0.2) is 5.96 Å². The summed E-state index contributed by atoms with van der Waals surface area (Å²) < 4.78 is 0. The second-order valence-corrected chi connectivity index (χ2v) is 5.85. The summed E-state index contributed by atoms with van der Waals surface area (Å²) >= 11 is 0. The van der Waals surface area contributed by atoms with Gasteiger partial charge in [-0.25, -0.2) is 0 Å². The van der Waals surface area contributed by atoms with Gasteiger partial charge in [0.1, 0.15) is 0 Å². The van der Waals surface area contributed by atoms with Gasteiger partial charge in [0.25, 0.3) is 0 Å². The van der Waals surface area contributed by atoms with Gasteiger partial charge in [-0.3, -0.25) is 4.99 Å². The van der Waals surface area contributed by atoms with E-state index in [9.17, 15) is 0 Å². The van der Waals surface area contributed by atoms with E-state index in [1.807, 2.05) is 7.05 Å². The standard InChI is InChI=1S/C18H28N4/c1-4-5-6-9-14(2)21-18(19-3)20-13-16-12-15-10-7-8-11-17(15)22-16/h7-8,10-12,14,22H,4-6,9,13H2,1-3H3,(H2,19,20,21). The molecule has 1 aromatic heterocycles. The molecule has 4 nitrogen and oxygen atoms in total. The Kier molecular flexibility index (Phi) is 6.31. The molecule has 0 aliphatic heterocycles. The van der Waals surface area contributed by atoms with Crippen molar-refractivity contribution in [2.24, 2.45) is 4.99 Å². The third-order valence-electron chi connectivity index (χ3n) is 3.88. The maximum atomic E-state index is 4.31. The smallest absolute Gasteiger partial charge is 0.191 e. The highest BCUT2D eigenvalue weighted by Gasteiger charge is 2.06. The summed E-state index contributed by atoms with van der Waals surface area (Å²) in [5.74, 6) is 0.864. The van der Waals surface area contributed by atoms with Crippen molar-refractivity contribution in [1.29, 1.82) is 0 Å². The molecule has 0 bridgehead atoms. The van der Waals surface area contributed by atoms with E-state index in [1.165, 1.54) is 42.3 Å². The number of guanidine groups is 1. The van der Waals surface area contributed by atoms with E-state index in [-0.39, 0.29) is 0 Å². The zero-order valence-corrected chi connectivity index (χ0v) is 13.9. The van der Waals surface area contributed by atoms with Crippen LogP contribution in [0.4, 0.5) is 0 Å². The Hall–Kier alpha value is -1.97. The van der Waals surface area contributed by atoms with Gasteiger partial charge < -0.3 is 15.6 Å². The number of hydrogen-bond donors (Lipinski definition) is 3. The van der Waals surface area contributed by atoms with E-state index in [2.05, 4.69) is 64.8 Å². The monoisotopic (exact) mass is 300 g/mol. The molecule has 3 N–H and O–H groups in total. The summed E-state index contributed by atoms with van der Waals surface area (Å²) in [7, 11) is 1.82. The van der Waals surface area contributed by atoms with Crippen LogP contribution in [0.25, 0.3) is 10.9 Å². The Morgan fingerprint density at radius 2 is 2.09 bits per heavy atom. The summed E-state index contributed by atoms with van der Waals surface area (Å²) in [5.41, 5.74) is 2.35. The highest BCUT2D eigenvalue weighted by molar-refractivity contribution is 5.81. The molecule has 120 valence electrons. The van der Waals surface area contributed by atoms with Crippen LogP contribution in [0.1, 0.15) is 45.2 Å². The molecule has 1 unspecified atom stereocenters. The van der Waals surface area contributed by atoms with Crippen molar-refractivity contribution in [1.82, 2.24) is 15.6 Å². The largest absolute Gasteiger partial charge is 0.357 e. The van der Waals surface area contributed by atoms with Crippen LogP contribution in [0, 0.1) is 0 Å². The van der Waals surface area contributed by atoms with Crippen LogP contribution in [0.5, 0.6) is 0 Å². The molecule has 22 heavy (non-hydrogen) atoms. The fraction of sp³-hybridized carbons (Fsp3) is 0.500. The van der Waals surface area contributed by atoms with E-state index in [0.717, 1.165) is 12.5 Å². The molecule has 0 radical (unpaired) electrons. The Morgan fingerprint density at radius 1 is 1.27 bits per heavy atom. The number of aliphatic imine (C=N–C) groups is 1. The zero-order chi connectivity index (χ0) is 15.8. The molecule has 0 saturated carbocycles. The van der Waals surface area contributed by atoms with E-state index in [1.54, 1.807) is 0 Å². The minimum atomic E-state index is 0.445. The first-order valence-corrected chi connectivity index (χ1v) is 8.26. The molecule has 0 saturated heterocycles. The number of aromatic amines is 1. The summed E-state index contributed by atoms with van der Waals surface area (Å²) in [6.07, 6.45) is 5.01.